The molecule has 0 bridgehead atoms. The Morgan fingerprint density at radius 1 is 1.29 bits per heavy atom. The van der Waals surface area contributed by atoms with Crippen molar-refractivity contribution in [3.05, 3.63) is 39.4 Å². The van der Waals surface area contributed by atoms with Gasteiger partial charge in [-0.05, 0) is 30.9 Å². The van der Waals surface area contributed by atoms with Crippen molar-refractivity contribution in [2.45, 2.75) is 52.0 Å². The maximum absolute atomic E-state index is 13.2. The fraction of sp³-hybridized carbons (Fsp3) is 0.600. The summed E-state index contributed by atoms with van der Waals surface area (Å²) in [6.07, 6.45) is -0.947. The highest BCUT2D eigenvalue weighted by Gasteiger charge is 2.25. The Bertz CT molecular complexity index is 481. The summed E-state index contributed by atoms with van der Waals surface area (Å²) in [7, 11) is 0. The summed E-state index contributed by atoms with van der Waals surface area (Å²) in [4.78, 5) is 10.1. The molecule has 1 aromatic rings. The topological polar surface area (TPSA) is 55.2 Å². The SMILES string of the molecule is CCCNC(CC)C(C)c1ccc([N+](=O)[O-])cc1C(F)F. The van der Waals surface area contributed by atoms with E-state index < -0.39 is 11.3 Å². The molecule has 1 aromatic carbocycles. The van der Waals surface area contributed by atoms with E-state index in [0.717, 1.165) is 25.5 Å². The van der Waals surface area contributed by atoms with Gasteiger partial charge >= 0.3 is 0 Å². The van der Waals surface area contributed by atoms with Crippen molar-refractivity contribution >= 4 is 5.69 Å². The van der Waals surface area contributed by atoms with Crippen LogP contribution in [0.15, 0.2) is 18.2 Å². The smallest absolute Gasteiger partial charge is 0.269 e. The Morgan fingerprint density at radius 3 is 2.43 bits per heavy atom. The third-order valence-electron chi connectivity index (χ3n) is 3.71. The van der Waals surface area contributed by atoms with Crippen LogP contribution in [0.3, 0.4) is 0 Å². The van der Waals surface area contributed by atoms with E-state index in [1.54, 1.807) is 0 Å². The van der Waals surface area contributed by atoms with Gasteiger partial charge < -0.3 is 5.32 Å². The highest BCUT2D eigenvalue weighted by Crippen LogP contribution is 2.33. The zero-order chi connectivity index (χ0) is 16.0. The number of nitrogens with one attached hydrogen (secondary N) is 1. The molecule has 0 amide bonds. The monoisotopic (exact) mass is 300 g/mol. The summed E-state index contributed by atoms with van der Waals surface area (Å²) in [6.45, 7) is 6.74. The number of nitro benzene ring substituents is 1. The minimum absolute atomic E-state index is 0.0731. The number of alkyl halides is 2. The maximum atomic E-state index is 13.2. The quantitative estimate of drug-likeness (QED) is 0.571. The molecule has 0 aliphatic carbocycles. The molecule has 4 nitrogen and oxygen atoms in total. The van der Waals surface area contributed by atoms with Crippen LogP contribution in [0.2, 0.25) is 0 Å². The summed E-state index contributed by atoms with van der Waals surface area (Å²) >= 11 is 0. The minimum Gasteiger partial charge on any atom is -0.313 e. The fourth-order valence-electron chi connectivity index (χ4n) is 2.50. The van der Waals surface area contributed by atoms with Gasteiger partial charge in [0, 0.05) is 23.7 Å². The molecule has 1 N–H and O–H groups in total. The molecule has 118 valence electrons. The van der Waals surface area contributed by atoms with Crippen molar-refractivity contribution in [3.63, 3.8) is 0 Å². The van der Waals surface area contributed by atoms with Gasteiger partial charge in [0.05, 0.1) is 4.92 Å². The lowest BCUT2D eigenvalue weighted by Crippen LogP contribution is -2.34. The highest BCUT2D eigenvalue weighted by molar-refractivity contribution is 5.42. The molecule has 0 aliphatic rings. The van der Waals surface area contributed by atoms with E-state index in [0.29, 0.717) is 5.56 Å². The van der Waals surface area contributed by atoms with E-state index in [2.05, 4.69) is 5.32 Å². The van der Waals surface area contributed by atoms with Gasteiger partial charge in [0.15, 0.2) is 0 Å². The van der Waals surface area contributed by atoms with Gasteiger partial charge in [-0.1, -0.05) is 26.8 Å². The van der Waals surface area contributed by atoms with Crippen molar-refractivity contribution in [1.82, 2.24) is 5.32 Å². The van der Waals surface area contributed by atoms with Crippen molar-refractivity contribution in [2.24, 2.45) is 0 Å². The number of non-ortho nitro benzene ring substituents is 1. The van der Waals surface area contributed by atoms with Crippen LogP contribution in [-0.2, 0) is 0 Å². The van der Waals surface area contributed by atoms with E-state index in [1.165, 1.54) is 12.1 Å². The summed E-state index contributed by atoms with van der Waals surface area (Å²) in [5, 5.41) is 14.1. The van der Waals surface area contributed by atoms with Crippen LogP contribution in [-0.4, -0.2) is 17.5 Å². The standard InChI is InChI=1S/C15H22F2N2O2/c1-4-8-18-14(5-2)10(3)12-7-6-11(19(20)21)9-13(12)15(16)17/h6-7,9-10,14-15,18H,4-5,8H2,1-3H3. The predicted octanol–water partition coefficient (Wildman–Crippen LogP) is 4.41. The largest absolute Gasteiger partial charge is 0.313 e. The minimum atomic E-state index is -2.72. The molecule has 0 aliphatic heterocycles. The molecule has 0 saturated carbocycles. The van der Waals surface area contributed by atoms with E-state index in [9.17, 15) is 18.9 Å². The highest BCUT2D eigenvalue weighted by atomic mass is 19.3. The summed E-state index contributed by atoms with van der Waals surface area (Å²) < 4.78 is 26.4. The second kappa shape index (κ2) is 8.02. The molecule has 0 spiro atoms. The second-order valence-electron chi connectivity index (χ2n) is 5.13. The van der Waals surface area contributed by atoms with E-state index in [4.69, 9.17) is 0 Å². The first-order valence-electron chi connectivity index (χ1n) is 7.22. The third-order valence-corrected chi connectivity index (χ3v) is 3.71. The summed E-state index contributed by atoms with van der Waals surface area (Å²) in [5.74, 6) is -0.133. The second-order valence-corrected chi connectivity index (χ2v) is 5.13. The van der Waals surface area contributed by atoms with Crippen molar-refractivity contribution < 1.29 is 13.7 Å². The zero-order valence-corrected chi connectivity index (χ0v) is 12.6. The normalized spacial score (nSPS) is 14.2. The number of nitro groups is 1. The zero-order valence-electron chi connectivity index (χ0n) is 12.6. The first-order chi connectivity index (χ1) is 9.92. The van der Waals surface area contributed by atoms with E-state index >= 15 is 0 Å². The molecule has 0 fully saturated rings. The van der Waals surface area contributed by atoms with Crippen LogP contribution in [0, 0.1) is 10.1 Å². The van der Waals surface area contributed by atoms with Crippen LogP contribution in [0.25, 0.3) is 0 Å². The van der Waals surface area contributed by atoms with E-state index in [1.807, 2.05) is 20.8 Å². The first-order valence-corrected chi connectivity index (χ1v) is 7.22. The number of hydrogen-bond donors (Lipinski definition) is 1. The molecule has 1 rings (SSSR count). The lowest BCUT2D eigenvalue weighted by molar-refractivity contribution is -0.385. The van der Waals surface area contributed by atoms with Gasteiger partial charge in [0.1, 0.15) is 0 Å². The molecular formula is C15H22F2N2O2. The fourth-order valence-corrected chi connectivity index (χ4v) is 2.50. The van der Waals surface area contributed by atoms with Crippen LogP contribution in [0.5, 0.6) is 0 Å². The van der Waals surface area contributed by atoms with Crippen LogP contribution in [0.1, 0.15) is 57.1 Å². The third kappa shape index (κ3) is 4.46. The average molecular weight is 300 g/mol. The number of nitrogens with zero attached hydrogens (tertiary/aromatic N) is 1. The van der Waals surface area contributed by atoms with E-state index in [-0.39, 0.29) is 23.2 Å². The molecular weight excluding hydrogens is 278 g/mol. The number of rotatable bonds is 8. The van der Waals surface area contributed by atoms with Crippen molar-refractivity contribution in [3.8, 4) is 0 Å². The maximum Gasteiger partial charge on any atom is 0.269 e. The summed E-state index contributed by atoms with van der Waals surface area (Å²) in [5.41, 5.74) is -0.0599. The molecule has 0 aromatic heterocycles. The molecule has 0 radical (unpaired) electrons. The van der Waals surface area contributed by atoms with Crippen LogP contribution in [0.4, 0.5) is 14.5 Å². The van der Waals surface area contributed by atoms with Gasteiger partial charge in [-0.15, -0.1) is 0 Å². The van der Waals surface area contributed by atoms with Crippen molar-refractivity contribution in [2.75, 3.05) is 6.54 Å². The van der Waals surface area contributed by atoms with Gasteiger partial charge in [0.25, 0.3) is 12.1 Å². The molecule has 0 saturated heterocycles. The summed E-state index contributed by atoms with van der Waals surface area (Å²) in [6, 6.07) is 3.82. The lowest BCUT2D eigenvalue weighted by atomic mass is 9.88. The van der Waals surface area contributed by atoms with Gasteiger partial charge in [0.2, 0.25) is 0 Å². The first kappa shape index (κ1) is 17.5. The number of halogens is 2. The Balaban J connectivity index is 3.12. The molecule has 6 heteroatoms. The van der Waals surface area contributed by atoms with Gasteiger partial charge in [-0.3, -0.25) is 10.1 Å². The molecule has 21 heavy (non-hydrogen) atoms. The Hall–Kier alpha value is -1.56. The number of hydrogen-bond acceptors (Lipinski definition) is 3. The van der Waals surface area contributed by atoms with Gasteiger partial charge in [-0.25, -0.2) is 8.78 Å². The van der Waals surface area contributed by atoms with Gasteiger partial charge in [-0.2, -0.15) is 0 Å². The van der Waals surface area contributed by atoms with Crippen LogP contribution < -0.4 is 5.32 Å². The Kier molecular flexibility index (Phi) is 6.68. The predicted molar refractivity (Wildman–Crippen MR) is 78.8 cm³/mol. The molecule has 0 heterocycles. The number of benzene rings is 1. The Morgan fingerprint density at radius 2 is 1.95 bits per heavy atom. The molecule has 2 unspecified atom stereocenters. The Labute approximate surface area is 123 Å². The lowest BCUT2D eigenvalue weighted by Gasteiger charge is -2.26. The molecule has 2 atom stereocenters. The van der Waals surface area contributed by atoms with Crippen molar-refractivity contribution in [1.29, 1.82) is 0 Å². The average Bonchev–Trinajstić information content (AvgIpc) is 2.46. The van der Waals surface area contributed by atoms with Crippen LogP contribution >= 0.6 is 0 Å².